The Balaban J connectivity index is 2.26. The zero-order valence-corrected chi connectivity index (χ0v) is 8.68. The maximum absolute atomic E-state index is 11.9. The van der Waals surface area contributed by atoms with E-state index in [0.29, 0.717) is 17.1 Å². The predicted molar refractivity (Wildman–Crippen MR) is 57.3 cm³/mol. The van der Waals surface area contributed by atoms with Gasteiger partial charge in [0.15, 0.2) is 0 Å². The van der Waals surface area contributed by atoms with E-state index in [1.54, 1.807) is 22.9 Å². The fraction of sp³-hybridized carbons (Fsp3) is 0.100. The monoisotopic (exact) mass is 231 g/mol. The SMILES string of the molecule is NC(=O)C1NC(=O)c2cn[nH]c2-n2cccc21. The van der Waals surface area contributed by atoms with Gasteiger partial charge in [0.25, 0.3) is 5.91 Å². The number of nitrogens with two attached hydrogens (primary N) is 1. The van der Waals surface area contributed by atoms with Crippen molar-refractivity contribution in [1.82, 2.24) is 20.1 Å². The Hall–Kier alpha value is -2.57. The fourth-order valence-corrected chi connectivity index (χ4v) is 1.96. The lowest BCUT2D eigenvalue weighted by molar-refractivity contribution is -0.120. The summed E-state index contributed by atoms with van der Waals surface area (Å²) in [6, 6.07) is 2.66. The lowest BCUT2D eigenvalue weighted by Gasteiger charge is -2.13. The molecule has 86 valence electrons. The fourth-order valence-electron chi connectivity index (χ4n) is 1.96. The van der Waals surface area contributed by atoms with Crippen molar-refractivity contribution in [3.8, 4) is 5.82 Å². The van der Waals surface area contributed by atoms with Gasteiger partial charge in [-0.1, -0.05) is 0 Å². The van der Waals surface area contributed by atoms with Crippen LogP contribution in [0, 0.1) is 0 Å². The third-order valence-corrected chi connectivity index (χ3v) is 2.74. The van der Waals surface area contributed by atoms with Gasteiger partial charge in [0.1, 0.15) is 17.4 Å². The average molecular weight is 231 g/mol. The van der Waals surface area contributed by atoms with Crippen molar-refractivity contribution < 1.29 is 9.59 Å². The second-order valence-corrected chi connectivity index (χ2v) is 3.74. The van der Waals surface area contributed by atoms with Crippen LogP contribution in [-0.2, 0) is 4.79 Å². The maximum Gasteiger partial charge on any atom is 0.257 e. The molecule has 0 aliphatic carbocycles. The van der Waals surface area contributed by atoms with Gasteiger partial charge >= 0.3 is 0 Å². The van der Waals surface area contributed by atoms with E-state index in [1.165, 1.54) is 6.20 Å². The molecule has 1 aliphatic heterocycles. The number of hydrogen-bond donors (Lipinski definition) is 3. The molecule has 0 bridgehead atoms. The van der Waals surface area contributed by atoms with Crippen LogP contribution in [0.4, 0.5) is 0 Å². The molecule has 0 aromatic carbocycles. The standard InChI is InChI=1S/C10H9N5O2/c11-8(16)7-6-2-1-3-15(6)9-5(4-12-14-9)10(17)13-7/h1-4,7H,(H2,11,16)(H,12,14)(H,13,17). The second-order valence-electron chi connectivity index (χ2n) is 3.74. The molecule has 1 unspecified atom stereocenters. The Bertz CT molecular complexity index is 612. The number of carbonyl (C=O) groups is 2. The van der Waals surface area contributed by atoms with Gasteiger partial charge in [-0.2, -0.15) is 5.10 Å². The van der Waals surface area contributed by atoms with Gasteiger partial charge in [-0.25, -0.2) is 0 Å². The van der Waals surface area contributed by atoms with E-state index in [1.807, 2.05) is 0 Å². The third kappa shape index (κ3) is 1.25. The van der Waals surface area contributed by atoms with Crippen molar-refractivity contribution in [1.29, 1.82) is 0 Å². The van der Waals surface area contributed by atoms with Gasteiger partial charge in [0, 0.05) is 6.20 Å². The van der Waals surface area contributed by atoms with Crippen LogP contribution in [0.2, 0.25) is 0 Å². The van der Waals surface area contributed by atoms with Gasteiger partial charge < -0.3 is 15.6 Å². The van der Waals surface area contributed by atoms with Crippen molar-refractivity contribution in [3.05, 3.63) is 35.8 Å². The summed E-state index contributed by atoms with van der Waals surface area (Å²) in [5, 5.41) is 9.12. The first-order valence-corrected chi connectivity index (χ1v) is 4.99. The van der Waals surface area contributed by atoms with Crippen molar-refractivity contribution >= 4 is 11.8 Å². The first-order valence-electron chi connectivity index (χ1n) is 4.99. The third-order valence-electron chi connectivity index (χ3n) is 2.74. The summed E-state index contributed by atoms with van der Waals surface area (Å²) in [7, 11) is 0. The molecule has 2 aromatic heterocycles. The first-order chi connectivity index (χ1) is 8.18. The molecule has 0 saturated heterocycles. The summed E-state index contributed by atoms with van der Waals surface area (Å²) in [4.78, 5) is 23.2. The Morgan fingerprint density at radius 1 is 1.53 bits per heavy atom. The van der Waals surface area contributed by atoms with Gasteiger partial charge in [-0.3, -0.25) is 14.7 Å². The summed E-state index contributed by atoms with van der Waals surface area (Å²) in [6.07, 6.45) is 3.15. The molecule has 0 fully saturated rings. The van der Waals surface area contributed by atoms with Gasteiger partial charge in [0.05, 0.1) is 11.9 Å². The number of primary amides is 1. The summed E-state index contributed by atoms with van der Waals surface area (Å²) < 4.78 is 1.69. The Labute approximate surface area is 95.6 Å². The molecule has 3 heterocycles. The van der Waals surface area contributed by atoms with Gasteiger partial charge in [0.2, 0.25) is 5.91 Å². The summed E-state index contributed by atoms with van der Waals surface area (Å²) in [5.74, 6) is -0.441. The molecule has 1 aliphatic rings. The number of amides is 2. The molecule has 3 rings (SSSR count). The Morgan fingerprint density at radius 3 is 3.12 bits per heavy atom. The molecular formula is C10H9N5O2. The quantitative estimate of drug-likeness (QED) is 0.614. The number of fused-ring (bicyclic) bond motifs is 3. The van der Waals surface area contributed by atoms with Gasteiger partial charge in [-0.15, -0.1) is 0 Å². The van der Waals surface area contributed by atoms with Crippen LogP contribution in [0.3, 0.4) is 0 Å². The highest BCUT2D eigenvalue weighted by Crippen LogP contribution is 2.24. The minimum Gasteiger partial charge on any atom is -0.368 e. The normalized spacial score (nSPS) is 17.9. The van der Waals surface area contributed by atoms with Crippen molar-refractivity contribution in [3.63, 3.8) is 0 Å². The molecule has 0 saturated carbocycles. The molecule has 0 radical (unpaired) electrons. The smallest absolute Gasteiger partial charge is 0.257 e. The minimum absolute atomic E-state index is 0.374. The number of nitrogens with zero attached hydrogens (tertiary/aromatic N) is 2. The molecule has 2 aromatic rings. The Kier molecular flexibility index (Phi) is 1.82. The van der Waals surface area contributed by atoms with Crippen LogP contribution in [0.5, 0.6) is 0 Å². The lowest BCUT2D eigenvalue weighted by Crippen LogP contribution is -2.36. The van der Waals surface area contributed by atoms with E-state index in [-0.39, 0.29) is 5.91 Å². The van der Waals surface area contributed by atoms with E-state index in [0.717, 1.165) is 0 Å². The molecule has 17 heavy (non-hydrogen) atoms. The van der Waals surface area contributed by atoms with Crippen molar-refractivity contribution in [2.45, 2.75) is 6.04 Å². The second kappa shape index (κ2) is 3.21. The minimum atomic E-state index is -0.835. The molecular weight excluding hydrogens is 222 g/mol. The number of aromatic amines is 1. The van der Waals surface area contributed by atoms with Crippen LogP contribution in [0.25, 0.3) is 5.82 Å². The number of hydrogen-bond acceptors (Lipinski definition) is 3. The zero-order valence-electron chi connectivity index (χ0n) is 8.68. The number of aromatic nitrogens is 3. The summed E-state index contributed by atoms with van der Waals surface area (Å²) in [6.45, 7) is 0. The topological polar surface area (TPSA) is 106 Å². The van der Waals surface area contributed by atoms with E-state index < -0.39 is 11.9 Å². The Morgan fingerprint density at radius 2 is 2.35 bits per heavy atom. The number of rotatable bonds is 1. The highest BCUT2D eigenvalue weighted by Gasteiger charge is 2.30. The molecule has 4 N–H and O–H groups in total. The van der Waals surface area contributed by atoms with E-state index in [9.17, 15) is 9.59 Å². The average Bonchev–Trinajstić information content (AvgIpc) is 2.91. The van der Waals surface area contributed by atoms with Crippen LogP contribution >= 0.6 is 0 Å². The van der Waals surface area contributed by atoms with Crippen molar-refractivity contribution in [2.24, 2.45) is 5.73 Å². The van der Waals surface area contributed by atoms with Crippen LogP contribution in [-0.4, -0.2) is 26.6 Å². The number of H-pyrrole nitrogens is 1. The summed E-state index contributed by atoms with van der Waals surface area (Å²) >= 11 is 0. The largest absolute Gasteiger partial charge is 0.368 e. The lowest BCUT2D eigenvalue weighted by atomic mass is 10.2. The maximum atomic E-state index is 11.9. The number of nitrogens with one attached hydrogen (secondary N) is 2. The number of carbonyl (C=O) groups excluding carboxylic acids is 2. The first kappa shape index (κ1) is 9.64. The summed E-state index contributed by atoms with van der Waals surface area (Å²) in [5.41, 5.74) is 6.27. The molecule has 7 nitrogen and oxygen atoms in total. The van der Waals surface area contributed by atoms with Crippen molar-refractivity contribution in [2.75, 3.05) is 0 Å². The van der Waals surface area contributed by atoms with E-state index in [4.69, 9.17) is 5.73 Å². The van der Waals surface area contributed by atoms with Crippen LogP contribution in [0.1, 0.15) is 22.1 Å². The molecule has 0 spiro atoms. The molecule has 2 amide bonds. The zero-order chi connectivity index (χ0) is 12.0. The van der Waals surface area contributed by atoms with Crippen LogP contribution < -0.4 is 11.1 Å². The van der Waals surface area contributed by atoms with E-state index >= 15 is 0 Å². The molecule has 1 atom stereocenters. The predicted octanol–water partition coefficient (Wildman–Crippen LogP) is -0.530. The van der Waals surface area contributed by atoms with Gasteiger partial charge in [-0.05, 0) is 12.1 Å². The van der Waals surface area contributed by atoms with Crippen LogP contribution in [0.15, 0.2) is 24.5 Å². The van der Waals surface area contributed by atoms with E-state index in [2.05, 4.69) is 15.5 Å². The highest BCUT2D eigenvalue weighted by molar-refractivity contribution is 6.00. The molecule has 7 heteroatoms. The highest BCUT2D eigenvalue weighted by atomic mass is 16.2.